The molecule has 104 valence electrons. The largest absolute Gasteiger partial charge is 0.303 e. The van der Waals surface area contributed by atoms with E-state index in [-0.39, 0.29) is 5.54 Å². The van der Waals surface area contributed by atoms with E-state index in [2.05, 4.69) is 23.2 Å². The maximum Gasteiger partial charge on any atom is 0.106 e. The second-order valence-corrected chi connectivity index (χ2v) is 5.51. The molecule has 18 heavy (non-hydrogen) atoms. The van der Waals surface area contributed by atoms with E-state index in [0.717, 1.165) is 25.8 Å². The average molecular weight is 251 g/mol. The molecule has 1 unspecified atom stereocenters. The maximum atomic E-state index is 9.27. The highest BCUT2D eigenvalue weighted by atomic mass is 15.1. The van der Waals surface area contributed by atoms with Crippen LogP contribution in [0.25, 0.3) is 0 Å². The van der Waals surface area contributed by atoms with Crippen molar-refractivity contribution >= 4 is 0 Å². The van der Waals surface area contributed by atoms with Crippen molar-refractivity contribution in [3.8, 4) is 6.07 Å². The summed E-state index contributed by atoms with van der Waals surface area (Å²) < 4.78 is 0. The first kappa shape index (κ1) is 15.5. The molecule has 0 saturated carbocycles. The van der Waals surface area contributed by atoms with Crippen molar-refractivity contribution < 1.29 is 0 Å². The number of nitrogens with one attached hydrogen (secondary N) is 1. The van der Waals surface area contributed by atoms with Gasteiger partial charge in [0.1, 0.15) is 5.54 Å². The standard InChI is InChI=1S/C15H29N3/c1-3-15(14-16,17-2)10-9-13-18-11-7-5-4-6-8-12-18/h17H,3-13H2,1-2H3. The zero-order valence-electron chi connectivity index (χ0n) is 12.2. The first-order valence-electron chi connectivity index (χ1n) is 7.59. The van der Waals surface area contributed by atoms with E-state index in [9.17, 15) is 5.26 Å². The van der Waals surface area contributed by atoms with Crippen molar-refractivity contribution in [1.82, 2.24) is 10.2 Å². The third-order valence-corrected chi connectivity index (χ3v) is 4.32. The monoisotopic (exact) mass is 251 g/mol. The third kappa shape index (κ3) is 4.96. The van der Waals surface area contributed by atoms with Crippen molar-refractivity contribution in [2.45, 2.75) is 63.8 Å². The van der Waals surface area contributed by atoms with Crippen LogP contribution in [0.2, 0.25) is 0 Å². The number of hydrogen-bond donors (Lipinski definition) is 1. The highest BCUT2D eigenvalue weighted by Crippen LogP contribution is 2.17. The molecule has 0 aliphatic carbocycles. The summed E-state index contributed by atoms with van der Waals surface area (Å²) in [6.07, 6.45) is 9.89. The van der Waals surface area contributed by atoms with Crippen LogP contribution in [0, 0.1) is 11.3 Å². The van der Waals surface area contributed by atoms with Crippen LogP contribution in [-0.4, -0.2) is 37.1 Å². The van der Waals surface area contributed by atoms with Gasteiger partial charge in [-0.25, -0.2) is 0 Å². The van der Waals surface area contributed by atoms with Gasteiger partial charge < -0.3 is 10.2 Å². The normalized spacial score (nSPS) is 21.6. The molecule has 1 rings (SSSR count). The number of likely N-dealkylation sites (tertiary alicyclic amines) is 1. The molecule has 1 aliphatic rings. The summed E-state index contributed by atoms with van der Waals surface area (Å²) in [4.78, 5) is 2.59. The summed E-state index contributed by atoms with van der Waals surface area (Å²) in [6, 6.07) is 2.45. The molecule has 1 fully saturated rings. The highest BCUT2D eigenvalue weighted by Gasteiger charge is 2.25. The SMILES string of the molecule is CCC(C#N)(CCCN1CCCCCCC1)NC. The Hall–Kier alpha value is -0.590. The number of nitrogens with zero attached hydrogens (tertiary/aromatic N) is 2. The molecule has 0 aromatic rings. The summed E-state index contributed by atoms with van der Waals surface area (Å²) in [5.41, 5.74) is -0.303. The summed E-state index contributed by atoms with van der Waals surface area (Å²) >= 11 is 0. The van der Waals surface area contributed by atoms with Gasteiger partial charge in [-0.1, -0.05) is 26.2 Å². The molecule has 1 saturated heterocycles. The molecule has 0 bridgehead atoms. The maximum absolute atomic E-state index is 9.27. The molecule has 0 radical (unpaired) electrons. The van der Waals surface area contributed by atoms with Gasteiger partial charge in [-0.15, -0.1) is 0 Å². The first-order valence-corrected chi connectivity index (χ1v) is 7.59. The minimum absolute atomic E-state index is 0.303. The van der Waals surface area contributed by atoms with Crippen LogP contribution in [0.15, 0.2) is 0 Å². The Bertz CT molecular complexity index is 245. The van der Waals surface area contributed by atoms with E-state index >= 15 is 0 Å². The van der Waals surface area contributed by atoms with Crippen LogP contribution < -0.4 is 5.32 Å². The fourth-order valence-electron chi connectivity index (χ4n) is 2.81. The van der Waals surface area contributed by atoms with E-state index in [0.29, 0.717) is 0 Å². The van der Waals surface area contributed by atoms with E-state index < -0.39 is 0 Å². The van der Waals surface area contributed by atoms with Gasteiger partial charge in [-0.2, -0.15) is 5.26 Å². The van der Waals surface area contributed by atoms with Gasteiger partial charge in [-0.3, -0.25) is 0 Å². The smallest absolute Gasteiger partial charge is 0.106 e. The van der Waals surface area contributed by atoms with Crippen LogP contribution >= 0.6 is 0 Å². The lowest BCUT2D eigenvalue weighted by atomic mass is 9.92. The average Bonchev–Trinajstić information content (AvgIpc) is 2.37. The fourth-order valence-corrected chi connectivity index (χ4v) is 2.81. The number of rotatable bonds is 6. The quantitative estimate of drug-likeness (QED) is 0.789. The van der Waals surface area contributed by atoms with Crippen LogP contribution in [0.1, 0.15) is 58.3 Å². The molecule has 0 spiro atoms. The van der Waals surface area contributed by atoms with Crippen molar-refractivity contribution in [1.29, 1.82) is 5.26 Å². The Morgan fingerprint density at radius 1 is 1.17 bits per heavy atom. The zero-order valence-corrected chi connectivity index (χ0v) is 12.2. The predicted octanol–water partition coefficient (Wildman–Crippen LogP) is 2.92. The first-order chi connectivity index (χ1) is 8.76. The summed E-state index contributed by atoms with van der Waals surface area (Å²) in [5.74, 6) is 0. The second-order valence-electron chi connectivity index (χ2n) is 5.51. The van der Waals surface area contributed by atoms with Gasteiger partial charge >= 0.3 is 0 Å². The summed E-state index contributed by atoms with van der Waals surface area (Å²) in [7, 11) is 1.91. The van der Waals surface area contributed by atoms with Crippen molar-refractivity contribution in [3.05, 3.63) is 0 Å². The fraction of sp³-hybridized carbons (Fsp3) is 0.933. The molecular formula is C15H29N3. The van der Waals surface area contributed by atoms with Crippen molar-refractivity contribution in [3.63, 3.8) is 0 Å². The predicted molar refractivity (Wildman–Crippen MR) is 76.5 cm³/mol. The lowest BCUT2D eigenvalue weighted by Gasteiger charge is -2.28. The topological polar surface area (TPSA) is 39.1 Å². The third-order valence-electron chi connectivity index (χ3n) is 4.32. The van der Waals surface area contributed by atoms with Crippen molar-refractivity contribution in [2.24, 2.45) is 0 Å². The molecule has 3 heteroatoms. The molecule has 1 N–H and O–H groups in total. The summed E-state index contributed by atoms with van der Waals surface area (Å²) in [6.45, 7) is 5.76. The van der Waals surface area contributed by atoms with Crippen molar-refractivity contribution in [2.75, 3.05) is 26.7 Å². The van der Waals surface area contributed by atoms with Gasteiger partial charge in [0.2, 0.25) is 0 Å². The molecule has 1 atom stereocenters. The van der Waals surface area contributed by atoms with Crippen LogP contribution in [0.5, 0.6) is 0 Å². The highest BCUT2D eigenvalue weighted by molar-refractivity contribution is 5.05. The van der Waals surface area contributed by atoms with Gasteiger partial charge in [-0.05, 0) is 58.8 Å². The van der Waals surface area contributed by atoms with Gasteiger partial charge in [0.05, 0.1) is 6.07 Å². The van der Waals surface area contributed by atoms with E-state index in [1.54, 1.807) is 0 Å². The minimum Gasteiger partial charge on any atom is -0.303 e. The molecule has 0 aromatic heterocycles. The molecule has 0 aromatic carbocycles. The van der Waals surface area contributed by atoms with E-state index in [1.165, 1.54) is 45.2 Å². The zero-order chi connectivity index (χ0) is 13.3. The molecule has 1 aliphatic heterocycles. The Labute approximate surface area is 113 Å². The van der Waals surface area contributed by atoms with Gasteiger partial charge in [0, 0.05) is 0 Å². The Morgan fingerprint density at radius 3 is 2.28 bits per heavy atom. The van der Waals surface area contributed by atoms with Gasteiger partial charge in [0.15, 0.2) is 0 Å². The van der Waals surface area contributed by atoms with Crippen LogP contribution in [-0.2, 0) is 0 Å². The molecular weight excluding hydrogens is 222 g/mol. The van der Waals surface area contributed by atoms with Crippen LogP contribution in [0.4, 0.5) is 0 Å². The molecule has 0 amide bonds. The van der Waals surface area contributed by atoms with Crippen LogP contribution in [0.3, 0.4) is 0 Å². The second kappa shape index (κ2) is 8.50. The Balaban J connectivity index is 2.28. The Morgan fingerprint density at radius 2 is 1.78 bits per heavy atom. The lowest BCUT2D eigenvalue weighted by Crippen LogP contribution is -2.41. The van der Waals surface area contributed by atoms with E-state index in [1.807, 2.05) is 7.05 Å². The Kier molecular flexibility index (Phi) is 7.31. The molecule has 3 nitrogen and oxygen atoms in total. The number of hydrogen-bond acceptors (Lipinski definition) is 3. The van der Waals surface area contributed by atoms with E-state index in [4.69, 9.17) is 0 Å². The lowest BCUT2D eigenvalue weighted by molar-refractivity contribution is 0.233. The minimum atomic E-state index is -0.303. The number of nitriles is 1. The summed E-state index contributed by atoms with van der Waals surface area (Å²) in [5, 5.41) is 12.5. The molecule has 1 heterocycles. The van der Waals surface area contributed by atoms with Gasteiger partial charge in [0.25, 0.3) is 0 Å².